The molecule has 0 N–H and O–H groups in total. The summed E-state index contributed by atoms with van der Waals surface area (Å²) < 4.78 is 1.32. The molecular formula is C12H9BrS. The van der Waals surface area contributed by atoms with Crippen LogP contribution in [-0.2, 0) is 0 Å². The highest BCUT2D eigenvalue weighted by atomic mass is 79.9. The van der Waals surface area contributed by atoms with Gasteiger partial charge in [-0.25, -0.2) is 0 Å². The van der Waals surface area contributed by atoms with E-state index in [-0.39, 0.29) is 0 Å². The molecular weight excluding hydrogens is 256 g/mol. The molecule has 70 valence electrons. The van der Waals surface area contributed by atoms with Crippen LogP contribution in [0.25, 0.3) is 10.1 Å². The van der Waals surface area contributed by atoms with Gasteiger partial charge in [0, 0.05) is 32.8 Å². The molecule has 0 nitrogen and oxygen atoms in total. The predicted octanol–water partition coefficient (Wildman–Crippen LogP) is 4.04. The number of rotatable bonds is 1. The molecule has 1 heterocycles. The van der Waals surface area contributed by atoms with E-state index in [1.807, 2.05) is 0 Å². The van der Waals surface area contributed by atoms with E-state index in [9.17, 15) is 0 Å². The van der Waals surface area contributed by atoms with Crippen molar-refractivity contribution in [2.75, 3.05) is 5.33 Å². The third-order valence-electron chi connectivity index (χ3n) is 1.92. The Labute approximate surface area is 96.1 Å². The van der Waals surface area contributed by atoms with Crippen LogP contribution < -0.4 is 0 Å². The lowest BCUT2D eigenvalue weighted by Crippen LogP contribution is -1.71. The van der Waals surface area contributed by atoms with Crippen molar-refractivity contribution in [2.24, 2.45) is 0 Å². The van der Waals surface area contributed by atoms with Gasteiger partial charge in [-0.1, -0.05) is 46.0 Å². The Kier molecular flexibility index (Phi) is 3.23. The highest BCUT2D eigenvalue weighted by molar-refractivity contribution is 9.09. The Bertz CT molecular complexity index is 487. The van der Waals surface area contributed by atoms with Gasteiger partial charge in [-0.2, -0.15) is 0 Å². The number of fused-ring (bicyclic) bond motifs is 1. The van der Waals surface area contributed by atoms with Crippen LogP contribution in [-0.4, -0.2) is 5.33 Å². The Balaban J connectivity index is 2.40. The molecule has 14 heavy (non-hydrogen) atoms. The van der Waals surface area contributed by atoms with Gasteiger partial charge in [0.05, 0.1) is 0 Å². The number of benzene rings is 1. The average Bonchev–Trinajstić information content (AvgIpc) is 2.63. The smallest absolute Gasteiger partial charge is 0.0431 e. The summed E-state index contributed by atoms with van der Waals surface area (Å²) in [6, 6.07) is 8.39. The lowest BCUT2D eigenvalue weighted by atomic mass is 10.2. The third-order valence-corrected chi connectivity index (χ3v) is 3.28. The molecule has 2 rings (SSSR count). The van der Waals surface area contributed by atoms with Crippen LogP contribution in [0.2, 0.25) is 0 Å². The zero-order chi connectivity index (χ0) is 9.80. The van der Waals surface area contributed by atoms with Crippen LogP contribution in [0.1, 0.15) is 12.0 Å². The fourth-order valence-electron chi connectivity index (χ4n) is 1.28. The van der Waals surface area contributed by atoms with Crippen molar-refractivity contribution in [2.45, 2.75) is 6.42 Å². The van der Waals surface area contributed by atoms with Crippen LogP contribution >= 0.6 is 27.3 Å². The minimum atomic E-state index is 0.907. The Hall–Kier alpha value is -0.780. The van der Waals surface area contributed by atoms with Crippen LogP contribution in [0.15, 0.2) is 29.6 Å². The summed E-state index contributed by atoms with van der Waals surface area (Å²) in [4.78, 5) is 0. The molecule has 0 atom stereocenters. The summed E-state index contributed by atoms with van der Waals surface area (Å²) in [5.41, 5.74) is 1.16. The largest absolute Gasteiger partial charge is 0.142 e. The summed E-state index contributed by atoms with van der Waals surface area (Å²) in [6.45, 7) is 0. The number of halogens is 1. The molecule has 1 aromatic heterocycles. The van der Waals surface area contributed by atoms with Crippen molar-refractivity contribution in [3.8, 4) is 11.8 Å². The van der Waals surface area contributed by atoms with Crippen molar-refractivity contribution >= 4 is 37.4 Å². The summed E-state index contributed by atoms with van der Waals surface area (Å²) in [7, 11) is 0. The van der Waals surface area contributed by atoms with E-state index in [0.717, 1.165) is 17.3 Å². The monoisotopic (exact) mass is 264 g/mol. The van der Waals surface area contributed by atoms with Gasteiger partial charge >= 0.3 is 0 Å². The van der Waals surface area contributed by atoms with Gasteiger partial charge in [-0.15, -0.1) is 11.3 Å². The SMILES string of the molecule is BrCCC#Cc1csc2ccccc12. The van der Waals surface area contributed by atoms with E-state index >= 15 is 0 Å². The molecule has 0 amide bonds. The summed E-state index contributed by atoms with van der Waals surface area (Å²) in [5, 5.41) is 4.35. The molecule has 0 aliphatic heterocycles. The maximum Gasteiger partial charge on any atom is 0.0431 e. The van der Waals surface area contributed by atoms with E-state index in [1.54, 1.807) is 11.3 Å². The topological polar surface area (TPSA) is 0 Å². The number of hydrogen-bond donors (Lipinski definition) is 0. The Morgan fingerprint density at radius 3 is 3.00 bits per heavy atom. The summed E-state index contributed by atoms with van der Waals surface area (Å²) in [5.74, 6) is 6.34. The lowest BCUT2D eigenvalue weighted by molar-refractivity contribution is 1.32. The summed E-state index contributed by atoms with van der Waals surface area (Å²) >= 11 is 5.12. The van der Waals surface area contributed by atoms with Gasteiger partial charge in [0.15, 0.2) is 0 Å². The zero-order valence-corrected chi connectivity index (χ0v) is 9.99. The quantitative estimate of drug-likeness (QED) is 0.539. The first-order valence-electron chi connectivity index (χ1n) is 4.43. The first kappa shape index (κ1) is 9.76. The zero-order valence-electron chi connectivity index (χ0n) is 7.59. The molecule has 2 heteroatoms. The van der Waals surface area contributed by atoms with Crippen molar-refractivity contribution in [1.29, 1.82) is 0 Å². The molecule has 1 aromatic carbocycles. The van der Waals surface area contributed by atoms with Crippen LogP contribution in [0.5, 0.6) is 0 Å². The van der Waals surface area contributed by atoms with Crippen molar-refractivity contribution in [1.82, 2.24) is 0 Å². The van der Waals surface area contributed by atoms with Gasteiger partial charge in [0.1, 0.15) is 0 Å². The van der Waals surface area contributed by atoms with Crippen LogP contribution in [0.3, 0.4) is 0 Å². The second-order valence-electron chi connectivity index (χ2n) is 2.89. The van der Waals surface area contributed by atoms with Crippen molar-refractivity contribution in [3.63, 3.8) is 0 Å². The van der Waals surface area contributed by atoms with Gasteiger partial charge < -0.3 is 0 Å². The Morgan fingerprint density at radius 1 is 1.29 bits per heavy atom. The average molecular weight is 265 g/mol. The standard InChI is InChI=1S/C12H9BrS/c13-8-4-3-5-10-9-14-12-7-2-1-6-11(10)12/h1-2,6-7,9H,4,8H2. The third kappa shape index (κ3) is 2.00. The normalized spacial score (nSPS) is 9.79. The van der Waals surface area contributed by atoms with Crippen LogP contribution in [0.4, 0.5) is 0 Å². The number of alkyl halides is 1. The minimum Gasteiger partial charge on any atom is -0.142 e. The van der Waals surface area contributed by atoms with Crippen molar-refractivity contribution in [3.05, 3.63) is 35.2 Å². The second kappa shape index (κ2) is 4.63. The lowest BCUT2D eigenvalue weighted by Gasteiger charge is -1.87. The second-order valence-corrected chi connectivity index (χ2v) is 4.59. The molecule has 0 fully saturated rings. The van der Waals surface area contributed by atoms with Gasteiger partial charge in [0.25, 0.3) is 0 Å². The summed E-state index contributed by atoms with van der Waals surface area (Å²) in [6.07, 6.45) is 0.907. The van der Waals surface area contributed by atoms with Gasteiger partial charge in [-0.05, 0) is 6.07 Å². The molecule has 0 aliphatic rings. The van der Waals surface area contributed by atoms with Gasteiger partial charge in [-0.3, -0.25) is 0 Å². The van der Waals surface area contributed by atoms with E-state index < -0.39 is 0 Å². The number of thiophene rings is 1. The van der Waals surface area contributed by atoms with E-state index in [2.05, 4.69) is 57.4 Å². The van der Waals surface area contributed by atoms with Crippen molar-refractivity contribution < 1.29 is 0 Å². The molecule has 0 saturated heterocycles. The predicted molar refractivity (Wildman–Crippen MR) is 67.1 cm³/mol. The maximum absolute atomic E-state index is 3.36. The molecule has 0 spiro atoms. The maximum atomic E-state index is 3.36. The van der Waals surface area contributed by atoms with E-state index in [0.29, 0.717) is 0 Å². The first-order valence-corrected chi connectivity index (χ1v) is 6.43. The molecule has 0 unspecified atom stereocenters. The van der Waals surface area contributed by atoms with Crippen LogP contribution in [0, 0.1) is 11.8 Å². The van der Waals surface area contributed by atoms with E-state index in [1.165, 1.54) is 10.1 Å². The minimum absolute atomic E-state index is 0.907. The fourth-order valence-corrected chi connectivity index (χ4v) is 2.37. The Morgan fingerprint density at radius 2 is 2.14 bits per heavy atom. The first-order chi connectivity index (χ1) is 6.92. The molecule has 0 radical (unpaired) electrons. The van der Waals surface area contributed by atoms with E-state index in [4.69, 9.17) is 0 Å². The number of hydrogen-bond acceptors (Lipinski definition) is 1. The van der Waals surface area contributed by atoms with Gasteiger partial charge in [0.2, 0.25) is 0 Å². The molecule has 2 aromatic rings. The molecule has 0 saturated carbocycles. The highest BCUT2D eigenvalue weighted by Gasteiger charge is 1.98. The molecule has 0 aliphatic carbocycles. The molecule has 0 bridgehead atoms. The fraction of sp³-hybridized carbons (Fsp3) is 0.167. The highest BCUT2D eigenvalue weighted by Crippen LogP contribution is 2.24.